The molecule has 0 bridgehead atoms. The zero-order valence-corrected chi connectivity index (χ0v) is 22.1. The fraction of sp³-hybridized carbons (Fsp3) is 0.333. The van der Waals surface area contributed by atoms with Gasteiger partial charge in [0.15, 0.2) is 0 Å². The number of rotatable bonds is 7. The molecule has 36 heavy (non-hydrogen) atoms. The zero-order chi connectivity index (χ0) is 26.3. The van der Waals surface area contributed by atoms with E-state index < -0.39 is 11.4 Å². The molecule has 0 fully saturated rings. The summed E-state index contributed by atoms with van der Waals surface area (Å²) in [6.07, 6.45) is 2.62. The number of nitrogens with zero attached hydrogens (tertiary/aromatic N) is 1. The summed E-state index contributed by atoms with van der Waals surface area (Å²) < 4.78 is 6.18. The van der Waals surface area contributed by atoms with Crippen LogP contribution in [0.3, 0.4) is 0 Å². The van der Waals surface area contributed by atoms with Crippen LogP contribution < -0.4 is 9.64 Å². The average Bonchev–Trinajstić information content (AvgIpc) is 2.82. The maximum Gasteiger partial charge on any atom is 0.336 e. The Labute approximate surface area is 217 Å². The van der Waals surface area contributed by atoms with Crippen molar-refractivity contribution in [2.24, 2.45) is 0 Å². The van der Waals surface area contributed by atoms with E-state index in [9.17, 15) is 14.7 Å². The predicted octanol–water partition coefficient (Wildman–Crippen LogP) is 6.94. The molecule has 0 saturated heterocycles. The number of carbonyl (C=O) groups excluding carboxylic acids is 1. The first-order chi connectivity index (χ1) is 16.9. The Balaban J connectivity index is 1.77. The average molecular weight is 506 g/mol. The normalized spacial score (nSPS) is 14.5. The van der Waals surface area contributed by atoms with Crippen LogP contribution in [0.4, 0.5) is 5.69 Å². The van der Waals surface area contributed by atoms with Crippen LogP contribution in [-0.2, 0) is 23.2 Å². The van der Waals surface area contributed by atoms with Crippen LogP contribution in [-0.4, -0.2) is 23.1 Å². The highest BCUT2D eigenvalue weighted by molar-refractivity contribution is 6.30. The molecule has 0 saturated carbocycles. The number of carbonyl (C=O) groups is 2. The molecule has 0 aliphatic carbocycles. The number of carboxylic acids is 1. The van der Waals surface area contributed by atoms with Crippen LogP contribution in [0.1, 0.15) is 72.3 Å². The second-order valence-corrected chi connectivity index (χ2v) is 11.0. The van der Waals surface area contributed by atoms with Gasteiger partial charge < -0.3 is 14.7 Å². The van der Waals surface area contributed by atoms with Crippen LogP contribution in [0.15, 0.2) is 54.6 Å². The third kappa shape index (κ3) is 4.98. The van der Waals surface area contributed by atoms with Gasteiger partial charge in [-0.05, 0) is 91.8 Å². The van der Waals surface area contributed by atoms with Crippen LogP contribution in [0.2, 0.25) is 5.02 Å². The van der Waals surface area contributed by atoms with Crippen molar-refractivity contribution in [2.45, 2.75) is 65.0 Å². The smallest absolute Gasteiger partial charge is 0.336 e. The minimum Gasteiger partial charge on any atom is -0.488 e. The van der Waals surface area contributed by atoms with E-state index in [-0.39, 0.29) is 17.7 Å². The number of aromatic carboxylic acids is 1. The van der Waals surface area contributed by atoms with E-state index in [0.29, 0.717) is 16.3 Å². The number of anilines is 1. The van der Waals surface area contributed by atoms with Gasteiger partial charge >= 0.3 is 5.97 Å². The van der Waals surface area contributed by atoms with E-state index >= 15 is 0 Å². The highest BCUT2D eigenvalue weighted by atomic mass is 35.5. The summed E-state index contributed by atoms with van der Waals surface area (Å²) in [4.78, 5) is 25.8. The highest BCUT2D eigenvalue weighted by Crippen LogP contribution is 2.42. The number of aryl methyl sites for hydroxylation is 2. The molecule has 1 amide bonds. The molecule has 1 aliphatic heterocycles. The molecule has 5 nitrogen and oxygen atoms in total. The molecule has 0 unspecified atom stereocenters. The number of halogens is 1. The molecule has 3 aromatic carbocycles. The Hall–Kier alpha value is -3.31. The lowest BCUT2D eigenvalue weighted by atomic mass is 9.76. The molecule has 0 atom stereocenters. The van der Waals surface area contributed by atoms with E-state index in [1.807, 2.05) is 31.2 Å². The van der Waals surface area contributed by atoms with Crippen molar-refractivity contribution in [3.05, 3.63) is 93.0 Å². The van der Waals surface area contributed by atoms with E-state index in [0.717, 1.165) is 41.7 Å². The van der Waals surface area contributed by atoms with Crippen molar-refractivity contribution in [3.8, 4) is 5.75 Å². The largest absolute Gasteiger partial charge is 0.488 e. The third-order valence-electron chi connectivity index (χ3n) is 7.20. The van der Waals surface area contributed by atoms with Crippen LogP contribution >= 0.6 is 11.6 Å². The second kappa shape index (κ2) is 9.62. The van der Waals surface area contributed by atoms with E-state index in [2.05, 4.69) is 39.8 Å². The van der Waals surface area contributed by atoms with Gasteiger partial charge in [-0.15, -0.1) is 0 Å². The first-order valence-corrected chi connectivity index (χ1v) is 12.5. The van der Waals surface area contributed by atoms with E-state index in [1.54, 1.807) is 23.1 Å². The van der Waals surface area contributed by atoms with Gasteiger partial charge in [-0.25, -0.2) is 4.79 Å². The highest BCUT2D eigenvalue weighted by Gasteiger charge is 2.32. The summed E-state index contributed by atoms with van der Waals surface area (Å²) in [6.45, 7) is 10.4. The fourth-order valence-electron chi connectivity index (χ4n) is 4.92. The molecule has 0 aromatic heterocycles. The Kier molecular flexibility index (Phi) is 6.89. The number of hydrogen-bond acceptors (Lipinski definition) is 3. The molecule has 0 radical (unpaired) electrons. The van der Waals surface area contributed by atoms with Gasteiger partial charge in [0.2, 0.25) is 6.41 Å². The molecule has 1 N–H and O–H groups in total. The van der Waals surface area contributed by atoms with Gasteiger partial charge in [-0.1, -0.05) is 49.7 Å². The number of amides is 1. The summed E-state index contributed by atoms with van der Waals surface area (Å²) in [6, 6.07) is 16.9. The Bertz CT molecular complexity index is 1330. The van der Waals surface area contributed by atoms with Crippen LogP contribution in [0, 0.1) is 6.92 Å². The lowest BCUT2D eigenvalue weighted by molar-refractivity contribution is -0.107. The number of ether oxygens (including phenoxy) is 1. The number of benzene rings is 3. The Morgan fingerprint density at radius 1 is 1.17 bits per heavy atom. The predicted molar refractivity (Wildman–Crippen MR) is 143 cm³/mol. The van der Waals surface area contributed by atoms with Crippen molar-refractivity contribution in [2.75, 3.05) is 4.90 Å². The summed E-state index contributed by atoms with van der Waals surface area (Å²) in [5.41, 5.74) is 4.75. The van der Waals surface area contributed by atoms with Crippen molar-refractivity contribution in [1.82, 2.24) is 0 Å². The van der Waals surface area contributed by atoms with Gasteiger partial charge in [0, 0.05) is 16.1 Å². The van der Waals surface area contributed by atoms with Gasteiger partial charge in [0.05, 0.1) is 12.1 Å². The summed E-state index contributed by atoms with van der Waals surface area (Å²) in [5.74, 6) is -0.108. The zero-order valence-electron chi connectivity index (χ0n) is 21.4. The first kappa shape index (κ1) is 25.8. The van der Waals surface area contributed by atoms with Gasteiger partial charge in [-0.2, -0.15) is 0 Å². The number of carboxylic acid groups (broad SMARTS) is 1. The standard InChI is InChI=1S/C30H32ClNO4/c1-19-7-6-8-23(28(34)35)24(19)17-32(18-33)26-11-10-22(31)16-25(26)30(4,5)21-9-12-27-20(15-21)13-14-29(2,3)36-27/h6-12,15-16,18H,13-14,17H2,1-5H3,(H,34,35). The lowest BCUT2D eigenvalue weighted by Crippen LogP contribution is -2.33. The monoisotopic (exact) mass is 505 g/mol. The SMILES string of the molecule is Cc1cccc(C(=O)O)c1CN(C=O)c1ccc(Cl)cc1C(C)(C)c1ccc2c(c1)CCC(C)(C)O2. The Morgan fingerprint density at radius 3 is 2.61 bits per heavy atom. The molecule has 3 aromatic rings. The topological polar surface area (TPSA) is 66.8 Å². The molecule has 1 aliphatic rings. The minimum absolute atomic E-state index is 0.135. The molecule has 4 rings (SSSR count). The lowest BCUT2D eigenvalue weighted by Gasteiger charge is -2.35. The van der Waals surface area contributed by atoms with Crippen molar-refractivity contribution >= 4 is 29.7 Å². The summed E-state index contributed by atoms with van der Waals surface area (Å²) in [7, 11) is 0. The van der Waals surface area contributed by atoms with Gasteiger partial charge in [-0.3, -0.25) is 4.79 Å². The van der Waals surface area contributed by atoms with Crippen molar-refractivity contribution in [1.29, 1.82) is 0 Å². The second-order valence-electron chi connectivity index (χ2n) is 10.6. The van der Waals surface area contributed by atoms with E-state index in [1.165, 1.54) is 5.56 Å². The number of hydrogen-bond donors (Lipinski definition) is 1. The third-order valence-corrected chi connectivity index (χ3v) is 7.44. The van der Waals surface area contributed by atoms with Gasteiger partial charge in [0.25, 0.3) is 0 Å². The molecule has 1 heterocycles. The molecular weight excluding hydrogens is 474 g/mol. The van der Waals surface area contributed by atoms with Crippen LogP contribution in [0.5, 0.6) is 5.75 Å². The maximum atomic E-state index is 12.4. The molecule has 188 valence electrons. The first-order valence-electron chi connectivity index (χ1n) is 12.1. The van der Waals surface area contributed by atoms with Crippen molar-refractivity contribution in [3.63, 3.8) is 0 Å². The maximum absolute atomic E-state index is 12.4. The summed E-state index contributed by atoms with van der Waals surface area (Å²) >= 11 is 6.45. The van der Waals surface area contributed by atoms with Crippen molar-refractivity contribution < 1.29 is 19.4 Å². The Morgan fingerprint density at radius 2 is 1.92 bits per heavy atom. The van der Waals surface area contributed by atoms with Crippen LogP contribution in [0.25, 0.3) is 0 Å². The molecular formula is C30H32ClNO4. The fourth-order valence-corrected chi connectivity index (χ4v) is 5.10. The van der Waals surface area contributed by atoms with E-state index in [4.69, 9.17) is 16.3 Å². The summed E-state index contributed by atoms with van der Waals surface area (Å²) in [5, 5.41) is 10.3. The number of fused-ring (bicyclic) bond motifs is 1. The molecule has 0 spiro atoms. The minimum atomic E-state index is -1.02. The quantitative estimate of drug-likeness (QED) is 0.353. The molecule has 6 heteroatoms. The van der Waals surface area contributed by atoms with Gasteiger partial charge in [0.1, 0.15) is 11.4 Å².